The highest BCUT2D eigenvalue weighted by Crippen LogP contribution is 2.21. The van der Waals surface area contributed by atoms with Gasteiger partial charge in [-0.1, -0.05) is 35.5 Å². The number of aromatic nitrogens is 2. The van der Waals surface area contributed by atoms with Crippen LogP contribution in [-0.2, 0) is 6.61 Å². The molecule has 0 aliphatic carbocycles. The molecular formula is C21H21N3O3. The summed E-state index contributed by atoms with van der Waals surface area (Å²) in [5.74, 6) is 1.04. The zero-order valence-electron chi connectivity index (χ0n) is 15.3. The van der Waals surface area contributed by atoms with Gasteiger partial charge in [0.2, 0.25) is 0 Å². The van der Waals surface area contributed by atoms with Crippen molar-refractivity contribution in [1.29, 1.82) is 0 Å². The molecule has 0 spiro atoms. The largest absolute Gasteiger partial charge is 0.488 e. The van der Waals surface area contributed by atoms with Gasteiger partial charge < -0.3 is 14.6 Å². The predicted molar refractivity (Wildman–Crippen MR) is 102 cm³/mol. The maximum absolute atomic E-state index is 12.5. The summed E-state index contributed by atoms with van der Waals surface area (Å²) in [6.45, 7) is 4.41. The van der Waals surface area contributed by atoms with E-state index in [0.29, 0.717) is 24.5 Å². The molecule has 3 rings (SSSR count). The summed E-state index contributed by atoms with van der Waals surface area (Å²) >= 11 is 0. The monoisotopic (exact) mass is 363 g/mol. The molecule has 0 bridgehead atoms. The molecule has 0 saturated carbocycles. The van der Waals surface area contributed by atoms with Crippen molar-refractivity contribution in [2.75, 3.05) is 6.54 Å². The normalized spacial score (nSPS) is 10.9. The number of aryl methyl sites for hydroxylation is 2. The van der Waals surface area contributed by atoms with Crippen molar-refractivity contribution < 1.29 is 14.1 Å². The van der Waals surface area contributed by atoms with Crippen molar-refractivity contribution in [3.8, 4) is 5.75 Å². The Bertz CT molecular complexity index is 913. The Morgan fingerprint density at radius 2 is 2.07 bits per heavy atom. The number of ether oxygens (including phenoxy) is 1. The molecule has 0 radical (unpaired) electrons. The average molecular weight is 363 g/mol. The van der Waals surface area contributed by atoms with Gasteiger partial charge in [0, 0.05) is 18.9 Å². The van der Waals surface area contributed by atoms with Crippen LogP contribution in [0, 0.1) is 13.8 Å². The molecule has 0 fully saturated rings. The Kier molecular flexibility index (Phi) is 5.99. The highest BCUT2D eigenvalue weighted by atomic mass is 16.5. The first-order valence-electron chi connectivity index (χ1n) is 8.63. The van der Waals surface area contributed by atoms with E-state index in [1.54, 1.807) is 24.5 Å². The lowest BCUT2D eigenvalue weighted by Crippen LogP contribution is -2.24. The van der Waals surface area contributed by atoms with E-state index in [1.807, 2.05) is 50.3 Å². The Morgan fingerprint density at radius 3 is 2.81 bits per heavy atom. The van der Waals surface area contributed by atoms with E-state index in [0.717, 1.165) is 22.6 Å². The Morgan fingerprint density at radius 1 is 1.22 bits per heavy atom. The van der Waals surface area contributed by atoms with Crippen LogP contribution in [0.25, 0.3) is 6.08 Å². The predicted octanol–water partition coefficient (Wildman–Crippen LogP) is 3.71. The van der Waals surface area contributed by atoms with Gasteiger partial charge in [0.25, 0.3) is 5.91 Å². The zero-order valence-corrected chi connectivity index (χ0v) is 15.3. The second-order valence-electron chi connectivity index (χ2n) is 5.99. The summed E-state index contributed by atoms with van der Waals surface area (Å²) in [6.07, 6.45) is 7.27. The number of nitrogens with one attached hydrogen (secondary N) is 1. The number of amides is 1. The number of benzene rings is 1. The molecule has 0 aliphatic rings. The second-order valence-corrected chi connectivity index (χ2v) is 5.99. The van der Waals surface area contributed by atoms with Gasteiger partial charge in [0.05, 0.1) is 16.8 Å². The SMILES string of the molecule is Cc1noc(C)c1COc1ccccc1C(=O)NC/C=C/c1cccnc1. The average Bonchev–Trinajstić information content (AvgIpc) is 3.02. The fourth-order valence-corrected chi connectivity index (χ4v) is 2.55. The topological polar surface area (TPSA) is 77.2 Å². The minimum atomic E-state index is -0.194. The third kappa shape index (κ3) is 4.82. The van der Waals surface area contributed by atoms with Gasteiger partial charge in [-0.3, -0.25) is 9.78 Å². The van der Waals surface area contributed by atoms with Gasteiger partial charge in [0.1, 0.15) is 18.1 Å². The molecule has 0 saturated heterocycles. The third-order valence-electron chi connectivity index (χ3n) is 4.06. The van der Waals surface area contributed by atoms with Gasteiger partial charge in [-0.05, 0) is 37.6 Å². The minimum absolute atomic E-state index is 0.194. The maximum Gasteiger partial charge on any atom is 0.255 e. The van der Waals surface area contributed by atoms with Gasteiger partial charge in [-0.2, -0.15) is 0 Å². The molecule has 3 aromatic rings. The van der Waals surface area contributed by atoms with Crippen molar-refractivity contribution in [2.24, 2.45) is 0 Å². The van der Waals surface area contributed by atoms with E-state index in [4.69, 9.17) is 9.26 Å². The molecule has 1 N–H and O–H groups in total. The van der Waals surface area contributed by atoms with Crippen molar-refractivity contribution in [1.82, 2.24) is 15.5 Å². The molecule has 1 aromatic carbocycles. The minimum Gasteiger partial charge on any atom is -0.488 e. The van der Waals surface area contributed by atoms with Crippen LogP contribution >= 0.6 is 0 Å². The summed E-state index contributed by atoms with van der Waals surface area (Å²) in [4.78, 5) is 16.5. The fourth-order valence-electron chi connectivity index (χ4n) is 2.55. The number of para-hydroxylation sites is 1. The Balaban J connectivity index is 1.61. The summed E-state index contributed by atoms with van der Waals surface area (Å²) in [5.41, 5.74) is 3.15. The number of rotatable bonds is 7. The van der Waals surface area contributed by atoms with E-state index in [2.05, 4.69) is 15.5 Å². The van der Waals surface area contributed by atoms with Gasteiger partial charge in [0.15, 0.2) is 0 Å². The lowest BCUT2D eigenvalue weighted by Gasteiger charge is -2.11. The summed E-state index contributed by atoms with van der Waals surface area (Å²) in [7, 11) is 0. The van der Waals surface area contributed by atoms with E-state index in [9.17, 15) is 4.79 Å². The summed E-state index contributed by atoms with van der Waals surface area (Å²) in [5, 5.41) is 6.78. The zero-order chi connectivity index (χ0) is 19.1. The maximum atomic E-state index is 12.5. The molecule has 0 unspecified atom stereocenters. The van der Waals surface area contributed by atoms with Crippen LogP contribution in [0.1, 0.15) is 32.9 Å². The highest BCUT2D eigenvalue weighted by Gasteiger charge is 2.14. The third-order valence-corrected chi connectivity index (χ3v) is 4.06. The number of carbonyl (C=O) groups is 1. The molecule has 27 heavy (non-hydrogen) atoms. The van der Waals surface area contributed by atoms with Crippen LogP contribution in [0.15, 0.2) is 59.4 Å². The summed E-state index contributed by atoms with van der Waals surface area (Å²) in [6, 6.07) is 11.0. The van der Waals surface area contributed by atoms with Crippen molar-refractivity contribution in [2.45, 2.75) is 20.5 Å². The summed E-state index contributed by atoms with van der Waals surface area (Å²) < 4.78 is 11.0. The van der Waals surface area contributed by atoms with E-state index >= 15 is 0 Å². The fraction of sp³-hybridized carbons (Fsp3) is 0.190. The molecule has 1 amide bonds. The smallest absolute Gasteiger partial charge is 0.255 e. The molecule has 2 aromatic heterocycles. The van der Waals surface area contributed by atoms with Crippen LogP contribution in [0.4, 0.5) is 0 Å². The first kappa shape index (κ1) is 18.4. The Hall–Kier alpha value is -3.41. The molecule has 6 nitrogen and oxygen atoms in total. The van der Waals surface area contributed by atoms with E-state index < -0.39 is 0 Å². The van der Waals surface area contributed by atoms with Gasteiger partial charge in [-0.25, -0.2) is 0 Å². The number of pyridine rings is 1. The quantitative estimate of drug-likeness (QED) is 0.692. The molecular weight excluding hydrogens is 342 g/mol. The van der Waals surface area contributed by atoms with Crippen LogP contribution in [0.3, 0.4) is 0 Å². The van der Waals surface area contributed by atoms with Crippen molar-refractivity contribution >= 4 is 12.0 Å². The molecule has 138 valence electrons. The van der Waals surface area contributed by atoms with Crippen LogP contribution in [-0.4, -0.2) is 22.6 Å². The van der Waals surface area contributed by atoms with Crippen molar-refractivity contribution in [3.05, 3.63) is 83.0 Å². The van der Waals surface area contributed by atoms with Crippen molar-refractivity contribution in [3.63, 3.8) is 0 Å². The second kappa shape index (κ2) is 8.80. The van der Waals surface area contributed by atoms with Gasteiger partial charge in [-0.15, -0.1) is 0 Å². The lowest BCUT2D eigenvalue weighted by atomic mass is 10.1. The molecule has 2 heterocycles. The number of hydrogen-bond acceptors (Lipinski definition) is 5. The molecule has 6 heteroatoms. The van der Waals surface area contributed by atoms with E-state index in [-0.39, 0.29) is 5.91 Å². The Labute approximate surface area is 157 Å². The number of hydrogen-bond donors (Lipinski definition) is 1. The van der Waals surface area contributed by atoms with Crippen LogP contribution in [0.5, 0.6) is 5.75 Å². The molecule has 0 aliphatic heterocycles. The van der Waals surface area contributed by atoms with Gasteiger partial charge >= 0.3 is 0 Å². The van der Waals surface area contributed by atoms with E-state index in [1.165, 1.54) is 0 Å². The highest BCUT2D eigenvalue weighted by molar-refractivity contribution is 5.97. The van der Waals surface area contributed by atoms with Crippen LogP contribution < -0.4 is 10.1 Å². The standard InChI is InChI=1S/C21H21N3O3/c1-15-19(16(2)27-24-15)14-26-20-10-4-3-9-18(20)21(25)23-12-6-8-17-7-5-11-22-13-17/h3-11,13H,12,14H2,1-2H3,(H,23,25)/b8-6+. The first-order chi connectivity index (χ1) is 13.1. The van der Waals surface area contributed by atoms with Crippen LogP contribution in [0.2, 0.25) is 0 Å². The molecule has 0 atom stereocenters. The first-order valence-corrected chi connectivity index (χ1v) is 8.63. The lowest BCUT2D eigenvalue weighted by molar-refractivity contribution is 0.0953. The number of carbonyl (C=O) groups excluding carboxylic acids is 1. The number of nitrogens with zero attached hydrogens (tertiary/aromatic N) is 2.